The van der Waals surface area contributed by atoms with Crippen LogP contribution in [0.25, 0.3) is 0 Å². The third-order valence-corrected chi connectivity index (χ3v) is 6.94. The van der Waals surface area contributed by atoms with E-state index < -0.39 is 18.0 Å². The lowest BCUT2D eigenvalue weighted by Gasteiger charge is -2.19. The van der Waals surface area contributed by atoms with Crippen molar-refractivity contribution in [3.63, 3.8) is 0 Å². The predicted octanol–water partition coefficient (Wildman–Crippen LogP) is 6.83. The molecule has 0 aliphatic heterocycles. The van der Waals surface area contributed by atoms with Crippen molar-refractivity contribution in [2.24, 2.45) is 0 Å². The highest BCUT2D eigenvalue weighted by atomic mass is 32.2. The van der Waals surface area contributed by atoms with Crippen LogP contribution in [0.4, 0.5) is 0 Å². The molecule has 0 radical (unpaired) electrons. The fourth-order valence-corrected chi connectivity index (χ4v) is 4.72. The molecular weight excluding hydrogens is 488 g/mol. The average molecular weight is 533 g/mol. The average Bonchev–Trinajstić information content (AvgIpc) is 2.85. The number of aliphatic hydroxyl groups is 1. The van der Waals surface area contributed by atoms with Crippen molar-refractivity contribution in [2.45, 2.75) is 88.9 Å². The topological polar surface area (TPSA) is 104 Å². The van der Waals surface area contributed by atoms with Gasteiger partial charge in [-0.2, -0.15) is 0 Å². The fourth-order valence-electron chi connectivity index (χ4n) is 3.70. The lowest BCUT2D eigenvalue weighted by molar-refractivity contribution is -0.137. The maximum absolute atomic E-state index is 10.9. The smallest absolute Gasteiger partial charge is 0.307 e. The Kier molecular flexibility index (Phi) is 19.0. The van der Waals surface area contributed by atoms with Crippen molar-refractivity contribution in [1.82, 2.24) is 0 Å². The molecule has 7 heteroatoms. The molecule has 6 nitrogen and oxygen atoms in total. The predicted molar refractivity (Wildman–Crippen MR) is 152 cm³/mol. The second-order valence-corrected chi connectivity index (χ2v) is 10.3. The van der Waals surface area contributed by atoms with E-state index >= 15 is 0 Å². The number of thioether (sulfide) groups is 1. The molecule has 206 valence electrons. The normalized spacial score (nSPS) is 13.5. The number of aliphatic hydroxyl groups excluding tert-OH is 1. The van der Waals surface area contributed by atoms with Gasteiger partial charge in [0.15, 0.2) is 0 Å². The maximum atomic E-state index is 10.9. The van der Waals surface area contributed by atoms with Gasteiger partial charge in [-0.05, 0) is 43.4 Å². The highest BCUT2D eigenvalue weighted by molar-refractivity contribution is 8.00. The summed E-state index contributed by atoms with van der Waals surface area (Å²) in [5.74, 6) is -0.511. The van der Waals surface area contributed by atoms with Crippen LogP contribution in [0.1, 0.15) is 76.7 Å². The number of rotatable bonds is 22. The minimum Gasteiger partial charge on any atom is -0.493 e. The Morgan fingerprint density at radius 3 is 2.49 bits per heavy atom. The van der Waals surface area contributed by atoms with Gasteiger partial charge in [0.2, 0.25) is 0 Å². The first kappa shape index (κ1) is 32.5. The van der Waals surface area contributed by atoms with Crippen LogP contribution >= 0.6 is 11.8 Å². The van der Waals surface area contributed by atoms with Crippen molar-refractivity contribution in [3.05, 3.63) is 66.3 Å². The molecule has 0 saturated carbocycles. The molecule has 0 saturated heterocycles. The van der Waals surface area contributed by atoms with E-state index in [-0.39, 0.29) is 18.1 Å². The van der Waals surface area contributed by atoms with E-state index in [1.165, 1.54) is 38.5 Å². The summed E-state index contributed by atoms with van der Waals surface area (Å²) in [6.07, 6.45) is 21.0. The molecule has 37 heavy (non-hydrogen) atoms. The van der Waals surface area contributed by atoms with E-state index in [1.54, 1.807) is 36.0 Å². The molecule has 1 aromatic rings. The van der Waals surface area contributed by atoms with E-state index in [9.17, 15) is 14.7 Å². The summed E-state index contributed by atoms with van der Waals surface area (Å²) in [7, 11) is 0. The second kappa shape index (κ2) is 21.6. The third-order valence-electron chi connectivity index (χ3n) is 5.68. The molecule has 0 bridgehead atoms. The van der Waals surface area contributed by atoms with Gasteiger partial charge in [-0.25, -0.2) is 0 Å². The Labute approximate surface area is 226 Å². The van der Waals surface area contributed by atoms with Crippen LogP contribution in [-0.4, -0.2) is 51.0 Å². The second-order valence-electron chi connectivity index (χ2n) is 9.01. The molecule has 0 aliphatic rings. The monoisotopic (exact) mass is 532 g/mol. The molecule has 0 unspecified atom stereocenters. The summed E-state index contributed by atoms with van der Waals surface area (Å²) in [6.45, 7) is 2.64. The minimum absolute atomic E-state index is 0.0389. The standard InChI is InChI=1S/C30H44O6S/c1-2-3-4-5-6-7-8-9-10-11-12-13-19-28(27(31)18-15-20-29(32)33)37-22-21-36-26-17-14-16-25(23-26)24-30(34)35/h9-14,16-17,19,23,27-28,31H,2-8,15,18,20-22,24H2,1H3,(H,32,33)(H,34,35)/b10-9-,12-11+,19-13+/t27-,28-/m0/s1. The summed E-state index contributed by atoms with van der Waals surface area (Å²) in [4.78, 5) is 21.7. The van der Waals surface area contributed by atoms with Crippen molar-refractivity contribution in [1.29, 1.82) is 0 Å². The molecule has 3 N–H and O–H groups in total. The van der Waals surface area contributed by atoms with Gasteiger partial charge in [0, 0.05) is 17.4 Å². The lowest BCUT2D eigenvalue weighted by Crippen LogP contribution is -2.22. The van der Waals surface area contributed by atoms with Gasteiger partial charge in [0.25, 0.3) is 0 Å². The Hall–Kier alpha value is -2.51. The first-order valence-corrected chi connectivity index (χ1v) is 14.4. The molecule has 0 aromatic heterocycles. The number of hydrogen-bond acceptors (Lipinski definition) is 5. The number of aliphatic carboxylic acids is 2. The van der Waals surface area contributed by atoms with Crippen molar-refractivity contribution in [2.75, 3.05) is 12.4 Å². The first-order chi connectivity index (χ1) is 17.9. The number of hydrogen-bond donors (Lipinski definition) is 3. The first-order valence-electron chi connectivity index (χ1n) is 13.4. The molecular formula is C30H44O6S. The van der Waals surface area contributed by atoms with Gasteiger partial charge in [-0.1, -0.05) is 87.6 Å². The molecule has 1 aromatic carbocycles. The van der Waals surface area contributed by atoms with Crippen LogP contribution < -0.4 is 4.74 Å². The van der Waals surface area contributed by atoms with E-state index in [2.05, 4.69) is 13.0 Å². The lowest BCUT2D eigenvalue weighted by atomic mass is 10.1. The van der Waals surface area contributed by atoms with Crippen molar-refractivity contribution in [3.8, 4) is 5.75 Å². The number of benzene rings is 1. The van der Waals surface area contributed by atoms with Gasteiger partial charge in [-0.15, -0.1) is 11.8 Å². The maximum Gasteiger partial charge on any atom is 0.307 e. The number of allylic oxidation sites excluding steroid dienone is 5. The Balaban J connectivity index is 2.49. The number of carboxylic acid groups (broad SMARTS) is 2. The Morgan fingerprint density at radius 1 is 0.973 bits per heavy atom. The van der Waals surface area contributed by atoms with Crippen LogP contribution in [0.5, 0.6) is 5.75 Å². The molecule has 0 amide bonds. The largest absolute Gasteiger partial charge is 0.493 e. The number of carboxylic acids is 2. The zero-order valence-electron chi connectivity index (χ0n) is 22.1. The van der Waals surface area contributed by atoms with Crippen molar-refractivity contribution >= 4 is 23.7 Å². The minimum atomic E-state index is -0.887. The molecule has 2 atom stereocenters. The van der Waals surface area contributed by atoms with E-state index in [4.69, 9.17) is 14.9 Å². The van der Waals surface area contributed by atoms with Crippen molar-refractivity contribution < 1.29 is 29.6 Å². The summed E-state index contributed by atoms with van der Waals surface area (Å²) in [5.41, 5.74) is 0.681. The summed E-state index contributed by atoms with van der Waals surface area (Å²) in [5, 5.41) is 28.3. The Bertz CT molecular complexity index is 848. The van der Waals surface area contributed by atoms with Crippen LogP contribution in [0.15, 0.2) is 60.7 Å². The number of carbonyl (C=O) groups is 2. The van der Waals surface area contributed by atoms with Gasteiger partial charge in [-0.3, -0.25) is 9.59 Å². The van der Waals surface area contributed by atoms with Crippen LogP contribution in [0, 0.1) is 0 Å². The zero-order chi connectivity index (χ0) is 27.1. The number of ether oxygens (including phenoxy) is 1. The highest BCUT2D eigenvalue weighted by Crippen LogP contribution is 2.21. The van der Waals surface area contributed by atoms with E-state index in [1.807, 2.05) is 30.4 Å². The quantitative estimate of drug-likeness (QED) is 0.111. The van der Waals surface area contributed by atoms with Crippen LogP contribution in [-0.2, 0) is 16.0 Å². The highest BCUT2D eigenvalue weighted by Gasteiger charge is 2.17. The van der Waals surface area contributed by atoms with Crippen LogP contribution in [0.3, 0.4) is 0 Å². The molecule has 0 spiro atoms. The van der Waals surface area contributed by atoms with Gasteiger partial charge < -0.3 is 20.1 Å². The van der Waals surface area contributed by atoms with Gasteiger partial charge >= 0.3 is 11.9 Å². The van der Waals surface area contributed by atoms with Crippen LogP contribution in [0.2, 0.25) is 0 Å². The molecule has 0 heterocycles. The molecule has 0 fully saturated rings. The summed E-state index contributed by atoms with van der Waals surface area (Å²) < 4.78 is 5.77. The summed E-state index contributed by atoms with van der Waals surface area (Å²) in [6, 6.07) is 7.04. The Morgan fingerprint density at radius 2 is 1.73 bits per heavy atom. The van der Waals surface area contributed by atoms with E-state index in [0.29, 0.717) is 36.5 Å². The fraction of sp³-hybridized carbons (Fsp3) is 0.533. The van der Waals surface area contributed by atoms with Gasteiger partial charge in [0.05, 0.1) is 19.1 Å². The molecule has 0 aliphatic carbocycles. The van der Waals surface area contributed by atoms with E-state index in [0.717, 1.165) is 6.42 Å². The SMILES string of the molecule is CCCCCCCC\C=C/C=C/C=C/[C@H](SCCOc1cccc(CC(=O)O)c1)[C@@H](O)CCCC(=O)O. The zero-order valence-corrected chi connectivity index (χ0v) is 22.9. The number of unbranched alkanes of at least 4 members (excludes halogenated alkanes) is 6. The molecule has 1 rings (SSSR count). The third kappa shape index (κ3) is 18.4. The van der Waals surface area contributed by atoms with Gasteiger partial charge in [0.1, 0.15) is 5.75 Å². The summed E-state index contributed by atoms with van der Waals surface area (Å²) >= 11 is 1.55.